The highest BCUT2D eigenvalue weighted by molar-refractivity contribution is 6.11. The maximum atomic E-state index is 14.9. The zero-order valence-corrected chi connectivity index (χ0v) is 27.9. The quantitative estimate of drug-likeness (QED) is 0.0944. The van der Waals surface area contributed by atoms with Crippen molar-refractivity contribution < 1.29 is 35.8 Å². The Morgan fingerprint density at radius 3 is 1.36 bits per heavy atom. The van der Waals surface area contributed by atoms with Crippen molar-refractivity contribution in [2.24, 2.45) is 0 Å². The Morgan fingerprint density at radius 1 is 0.540 bits per heavy atom. The van der Waals surface area contributed by atoms with Crippen LogP contribution in [0, 0.1) is 34.9 Å². The predicted molar refractivity (Wildman–Crippen MR) is 186 cm³/mol. The van der Waals surface area contributed by atoms with Crippen LogP contribution in [0.15, 0.2) is 84.9 Å². The van der Waals surface area contributed by atoms with E-state index in [-0.39, 0.29) is 17.7 Å². The van der Waals surface area contributed by atoms with Crippen LogP contribution in [-0.4, -0.2) is 45.4 Å². The molecule has 0 bridgehead atoms. The maximum Gasteiger partial charge on any atom is 0.194 e. The highest BCUT2D eigenvalue weighted by Crippen LogP contribution is 2.47. The molecule has 6 aromatic carbocycles. The van der Waals surface area contributed by atoms with Crippen LogP contribution in [0.2, 0.25) is 0 Å². The van der Waals surface area contributed by atoms with Crippen molar-refractivity contribution in [3.63, 3.8) is 0 Å². The molecule has 0 aliphatic rings. The lowest BCUT2D eigenvalue weighted by atomic mass is 9.80. The van der Waals surface area contributed by atoms with Gasteiger partial charge in [0.25, 0.3) is 0 Å². The largest absolute Gasteiger partial charge is 0.383 e. The van der Waals surface area contributed by atoms with E-state index in [2.05, 4.69) is 4.90 Å². The maximum absolute atomic E-state index is 14.9. The van der Waals surface area contributed by atoms with Gasteiger partial charge in [0, 0.05) is 33.9 Å². The molecule has 50 heavy (non-hydrogen) atoms. The lowest BCUT2D eigenvalue weighted by Gasteiger charge is -2.28. The third-order valence-corrected chi connectivity index (χ3v) is 9.11. The van der Waals surface area contributed by atoms with Crippen LogP contribution in [0.3, 0.4) is 0 Å². The molecule has 0 saturated heterocycles. The Bertz CT molecular complexity index is 2150. The molecule has 0 atom stereocenters. The molecule has 0 unspecified atom stereocenters. The van der Waals surface area contributed by atoms with Crippen molar-refractivity contribution in [3.05, 3.63) is 131 Å². The van der Waals surface area contributed by atoms with Gasteiger partial charge in [0.05, 0.1) is 13.2 Å². The number of nitrogens with zero attached hydrogens (tertiary/aromatic N) is 1. The van der Waals surface area contributed by atoms with Crippen LogP contribution in [0.1, 0.15) is 18.1 Å². The molecule has 0 saturated carbocycles. The molecule has 0 aromatic heterocycles. The number of fused-ring (bicyclic) bond motifs is 2. The van der Waals surface area contributed by atoms with Gasteiger partial charge in [0.2, 0.25) is 0 Å². The van der Waals surface area contributed by atoms with Gasteiger partial charge in [-0.2, -0.15) is 0 Å². The van der Waals surface area contributed by atoms with E-state index in [1.165, 1.54) is 0 Å². The van der Waals surface area contributed by atoms with Gasteiger partial charge in [-0.05, 0) is 109 Å². The summed E-state index contributed by atoms with van der Waals surface area (Å²) >= 11 is 0. The minimum Gasteiger partial charge on any atom is -0.383 e. The van der Waals surface area contributed by atoms with E-state index in [0.29, 0.717) is 49.4 Å². The van der Waals surface area contributed by atoms with E-state index in [4.69, 9.17) is 9.47 Å². The lowest BCUT2D eigenvalue weighted by Crippen LogP contribution is -2.30. The molecule has 6 rings (SSSR count). The molecule has 0 amide bonds. The number of ether oxygens (including phenoxy) is 2. The molecule has 0 aliphatic heterocycles. The molecule has 0 spiro atoms. The molecular formula is C41H35F6NO2. The second-order valence-electron chi connectivity index (χ2n) is 12.1. The third kappa shape index (κ3) is 6.73. The van der Waals surface area contributed by atoms with Crippen LogP contribution in [-0.2, 0) is 22.4 Å². The van der Waals surface area contributed by atoms with E-state index in [9.17, 15) is 26.3 Å². The van der Waals surface area contributed by atoms with Crippen molar-refractivity contribution in [2.45, 2.75) is 19.9 Å². The van der Waals surface area contributed by atoms with Crippen LogP contribution in [0.25, 0.3) is 54.9 Å². The third-order valence-electron chi connectivity index (χ3n) is 9.11. The average molecular weight is 688 g/mol. The predicted octanol–water partition coefficient (Wildman–Crippen LogP) is 10.5. The minimum atomic E-state index is -1.57. The fraction of sp³-hybridized carbons (Fsp3) is 0.220. The molecule has 3 nitrogen and oxygen atoms in total. The second-order valence-corrected chi connectivity index (χ2v) is 12.1. The zero-order valence-electron chi connectivity index (χ0n) is 27.9. The number of benzene rings is 6. The summed E-state index contributed by atoms with van der Waals surface area (Å²) in [4.78, 5) is 2.10. The normalized spacial score (nSPS) is 11.7. The Labute approximate surface area is 286 Å². The topological polar surface area (TPSA) is 21.7 Å². The number of rotatable bonds is 12. The van der Waals surface area contributed by atoms with Crippen molar-refractivity contribution in [3.8, 4) is 33.4 Å². The van der Waals surface area contributed by atoms with Gasteiger partial charge in [0.1, 0.15) is 0 Å². The van der Waals surface area contributed by atoms with Gasteiger partial charge in [-0.15, -0.1) is 0 Å². The van der Waals surface area contributed by atoms with Crippen LogP contribution < -0.4 is 0 Å². The Hall–Kier alpha value is -4.70. The summed E-state index contributed by atoms with van der Waals surface area (Å²) in [6, 6.07) is 22.8. The highest BCUT2D eigenvalue weighted by atomic mass is 19.2. The lowest BCUT2D eigenvalue weighted by molar-refractivity contribution is 0.110. The molecule has 0 aliphatic carbocycles. The van der Waals surface area contributed by atoms with Gasteiger partial charge in [0.15, 0.2) is 34.9 Å². The van der Waals surface area contributed by atoms with E-state index in [0.717, 1.165) is 62.5 Å². The van der Waals surface area contributed by atoms with Gasteiger partial charge < -0.3 is 9.47 Å². The monoisotopic (exact) mass is 687 g/mol. The fourth-order valence-corrected chi connectivity index (χ4v) is 6.75. The van der Waals surface area contributed by atoms with Crippen LogP contribution >= 0.6 is 0 Å². The van der Waals surface area contributed by atoms with Crippen molar-refractivity contribution in [1.29, 1.82) is 0 Å². The number of hydrogen-bond acceptors (Lipinski definition) is 3. The first kappa shape index (κ1) is 35.1. The fourth-order valence-electron chi connectivity index (χ4n) is 6.75. The molecule has 9 heteroatoms. The molecule has 0 N–H and O–H groups in total. The summed E-state index contributed by atoms with van der Waals surface area (Å²) < 4.78 is 98.6. The number of methoxy groups -OCH3 is 2. The molecule has 0 fully saturated rings. The molecule has 0 heterocycles. The van der Waals surface area contributed by atoms with Crippen LogP contribution in [0.5, 0.6) is 0 Å². The first-order chi connectivity index (χ1) is 24.2. The minimum absolute atomic E-state index is 0.142. The van der Waals surface area contributed by atoms with E-state index < -0.39 is 34.9 Å². The Morgan fingerprint density at radius 2 is 0.940 bits per heavy atom. The number of halogens is 6. The first-order valence-electron chi connectivity index (χ1n) is 16.3. The summed E-state index contributed by atoms with van der Waals surface area (Å²) in [6.07, 6.45) is 0.408. The zero-order chi connectivity index (χ0) is 35.5. The SMILES string of the molecule is CCc1c(-c2cc(F)c(F)c(F)c2)cc2ccccc2c1-c1c(CN(CCOC)CCOC)c(-c2cc(F)c(F)c(F)c2)cc2ccccc12. The van der Waals surface area contributed by atoms with E-state index in [1.54, 1.807) is 14.2 Å². The molecule has 258 valence electrons. The van der Waals surface area contributed by atoms with Crippen molar-refractivity contribution in [1.82, 2.24) is 4.90 Å². The Kier molecular flexibility index (Phi) is 10.6. The summed E-state index contributed by atoms with van der Waals surface area (Å²) in [7, 11) is 3.19. The van der Waals surface area contributed by atoms with Crippen molar-refractivity contribution >= 4 is 21.5 Å². The summed E-state index contributed by atoms with van der Waals surface area (Å²) in [5.74, 6) is -8.38. The van der Waals surface area contributed by atoms with Gasteiger partial charge in [-0.3, -0.25) is 4.90 Å². The van der Waals surface area contributed by atoms with E-state index >= 15 is 0 Å². The number of hydrogen-bond donors (Lipinski definition) is 0. The summed E-state index contributed by atoms with van der Waals surface area (Å²) in [5.41, 5.74) is 4.20. The van der Waals surface area contributed by atoms with Gasteiger partial charge >= 0.3 is 0 Å². The summed E-state index contributed by atoms with van der Waals surface area (Å²) in [5, 5.41) is 3.16. The first-order valence-corrected chi connectivity index (χ1v) is 16.3. The standard InChI is InChI=1S/C41H35F6NO2/c1-4-28-31(26-19-34(42)40(46)35(43)20-26)17-24-9-5-7-11-29(24)38(28)39-30-12-8-6-10-25(30)18-32(27-21-36(44)41(47)37(45)22-27)33(39)23-48(13-15-49-2)14-16-50-3/h5-12,17-22H,4,13-16,23H2,1-3H3. The highest BCUT2D eigenvalue weighted by Gasteiger charge is 2.26. The smallest absolute Gasteiger partial charge is 0.194 e. The van der Waals surface area contributed by atoms with Gasteiger partial charge in [-0.25, -0.2) is 26.3 Å². The second kappa shape index (κ2) is 15.0. The van der Waals surface area contributed by atoms with E-state index in [1.807, 2.05) is 67.6 Å². The Balaban J connectivity index is 1.79. The van der Waals surface area contributed by atoms with Gasteiger partial charge in [-0.1, -0.05) is 55.5 Å². The molecular weight excluding hydrogens is 652 g/mol. The molecule has 0 radical (unpaired) electrons. The average Bonchev–Trinajstić information content (AvgIpc) is 3.12. The summed E-state index contributed by atoms with van der Waals surface area (Å²) in [6.45, 7) is 3.96. The van der Waals surface area contributed by atoms with Crippen LogP contribution in [0.4, 0.5) is 26.3 Å². The van der Waals surface area contributed by atoms with Crippen molar-refractivity contribution in [2.75, 3.05) is 40.5 Å². The molecule has 6 aromatic rings.